The SMILES string of the molecule is C=C1CN(Cc2ccccc2)CC1CC(=O)OC. The lowest BCUT2D eigenvalue weighted by molar-refractivity contribution is -0.141. The van der Waals surface area contributed by atoms with Crippen LogP contribution in [0.15, 0.2) is 42.5 Å². The fraction of sp³-hybridized carbons (Fsp3) is 0.400. The Labute approximate surface area is 108 Å². The van der Waals surface area contributed by atoms with Gasteiger partial charge in [-0.3, -0.25) is 9.69 Å². The summed E-state index contributed by atoms with van der Waals surface area (Å²) >= 11 is 0. The number of likely N-dealkylation sites (tertiary alicyclic amines) is 1. The molecule has 0 saturated carbocycles. The Morgan fingerprint density at radius 3 is 2.83 bits per heavy atom. The molecule has 0 spiro atoms. The average Bonchev–Trinajstić information content (AvgIpc) is 2.70. The van der Waals surface area contributed by atoms with Gasteiger partial charge in [0.05, 0.1) is 13.5 Å². The predicted octanol–water partition coefficient (Wildman–Crippen LogP) is 2.24. The van der Waals surface area contributed by atoms with Crippen LogP contribution in [-0.2, 0) is 16.1 Å². The van der Waals surface area contributed by atoms with Crippen LogP contribution in [0.25, 0.3) is 0 Å². The number of benzene rings is 1. The zero-order valence-electron chi connectivity index (χ0n) is 10.8. The number of carbonyl (C=O) groups excluding carboxylic acids is 1. The van der Waals surface area contributed by atoms with Crippen molar-refractivity contribution in [2.75, 3.05) is 20.2 Å². The second-order valence-electron chi connectivity index (χ2n) is 4.79. The van der Waals surface area contributed by atoms with Crippen LogP contribution in [0.4, 0.5) is 0 Å². The van der Waals surface area contributed by atoms with Gasteiger partial charge in [0, 0.05) is 25.6 Å². The molecule has 96 valence electrons. The van der Waals surface area contributed by atoms with E-state index in [1.807, 2.05) is 18.2 Å². The molecule has 1 aromatic carbocycles. The third-order valence-electron chi connectivity index (χ3n) is 3.37. The zero-order chi connectivity index (χ0) is 13.0. The van der Waals surface area contributed by atoms with E-state index in [2.05, 4.69) is 23.6 Å². The van der Waals surface area contributed by atoms with Gasteiger partial charge in [-0.05, 0) is 5.56 Å². The lowest BCUT2D eigenvalue weighted by Crippen LogP contribution is -2.21. The molecule has 0 aromatic heterocycles. The highest BCUT2D eigenvalue weighted by Gasteiger charge is 2.27. The van der Waals surface area contributed by atoms with Crippen LogP contribution in [-0.4, -0.2) is 31.1 Å². The van der Waals surface area contributed by atoms with Crippen LogP contribution in [0.1, 0.15) is 12.0 Å². The molecule has 18 heavy (non-hydrogen) atoms. The predicted molar refractivity (Wildman–Crippen MR) is 71.0 cm³/mol. The molecule has 2 rings (SSSR count). The Bertz CT molecular complexity index is 427. The molecule has 1 aliphatic rings. The Kier molecular flexibility index (Phi) is 4.15. The number of methoxy groups -OCH3 is 1. The highest BCUT2D eigenvalue weighted by atomic mass is 16.5. The van der Waals surface area contributed by atoms with Crippen molar-refractivity contribution in [2.24, 2.45) is 5.92 Å². The molecule has 1 atom stereocenters. The van der Waals surface area contributed by atoms with E-state index < -0.39 is 0 Å². The van der Waals surface area contributed by atoms with Crippen molar-refractivity contribution >= 4 is 5.97 Å². The molecule has 1 unspecified atom stereocenters. The van der Waals surface area contributed by atoms with E-state index in [0.29, 0.717) is 6.42 Å². The standard InChI is InChI=1S/C15H19NO2/c1-12-9-16(10-13-6-4-3-5-7-13)11-14(12)8-15(17)18-2/h3-7,14H,1,8-11H2,2H3. The zero-order valence-corrected chi connectivity index (χ0v) is 10.8. The number of hydrogen-bond acceptors (Lipinski definition) is 3. The largest absolute Gasteiger partial charge is 0.469 e. The van der Waals surface area contributed by atoms with Gasteiger partial charge in [-0.1, -0.05) is 42.5 Å². The van der Waals surface area contributed by atoms with Crippen molar-refractivity contribution in [3.8, 4) is 0 Å². The van der Waals surface area contributed by atoms with Gasteiger partial charge in [-0.2, -0.15) is 0 Å². The smallest absolute Gasteiger partial charge is 0.306 e. The lowest BCUT2D eigenvalue weighted by Gasteiger charge is -2.15. The fourth-order valence-corrected chi connectivity index (χ4v) is 2.38. The number of esters is 1. The van der Waals surface area contributed by atoms with E-state index in [-0.39, 0.29) is 11.9 Å². The van der Waals surface area contributed by atoms with Crippen LogP contribution in [0.2, 0.25) is 0 Å². The normalized spacial score (nSPS) is 20.1. The first-order valence-electron chi connectivity index (χ1n) is 6.20. The topological polar surface area (TPSA) is 29.5 Å². The van der Waals surface area contributed by atoms with Gasteiger partial charge in [0.25, 0.3) is 0 Å². The summed E-state index contributed by atoms with van der Waals surface area (Å²) < 4.78 is 4.72. The summed E-state index contributed by atoms with van der Waals surface area (Å²) in [6.45, 7) is 6.74. The molecular formula is C15H19NO2. The van der Waals surface area contributed by atoms with Gasteiger partial charge >= 0.3 is 5.97 Å². The monoisotopic (exact) mass is 245 g/mol. The molecule has 0 amide bonds. The van der Waals surface area contributed by atoms with E-state index in [9.17, 15) is 4.79 Å². The second-order valence-corrected chi connectivity index (χ2v) is 4.79. The molecule has 0 aliphatic carbocycles. The van der Waals surface area contributed by atoms with Crippen molar-refractivity contribution in [1.82, 2.24) is 4.90 Å². The first-order valence-corrected chi connectivity index (χ1v) is 6.20. The molecule has 3 nitrogen and oxygen atoms in total. The third-order valence-corrected chi connectivity index (χ3v) is 3.37. The fourth-order valence-electron chi connectivity index (χ4n) is 2.38. The quantitative estimate of drug-likeness (QED) is 0.602. The van der Waals surface area contributed by atoms with Gasteiger partial charge < -0.3 is 4.74 Å². The van der Waals surface area contributed by atoms with E-state index in [4.69, 9.17) is 4.74 Å². The van der Waals surface area contributed by atoms with Crippen molar-refractivity contribution in [2.45, 2.75) is 13.0 Å². The summed E-state index contributed by atoms with van der Waals surface area (Å²) in [5, 5.41) is 0. The third kappa shape index (κ3) is 3.20. The van der Waals surface area contributed by atoms with Gasteiger partial charge in [-0.15, -0.1) is 0 Å². The maximum Gasteiger partial charge on any atom is 0.306 e. The average molecular weight is 245 g/mol. The Morgan fingerprint density at radius 1 is 1.44 bits per heavy atom. The van der Waals surface area contributed by atoms with Crippen molar-refractivity contribution in [1.29, 1.82) is 0 Å². The first-order chi connectivity index (χ1) is 8.69. The summed E-state index contributed by atoms with van der Waals surface area (Å²) in [5.41, 5.74) is 2.43. The molecule has 0 N–H and O–H groups in total. The molecule has 1 heterocycles. The first kappa shape index (κ1) is 12.8. The van der Waals surface area contributed by atoms with E-state index in [1.54, 1.807) is 0 Å². The van der Waals surface area contributed by atoms with Crippen molar-refractivity contribution in [3.05, 3.63) is 48.0 Å². The Hall–Kier alpha value is -1.61. The minimum atomic E-state index is -0.150. The van der Waals surface area contributed by atoms with Gasteiger partial charge in [-0.25, -0.2) is 0 Å². The van der Waals surface area contributed by atoms with Crippen LogP contribution in [0.5, 0.6) is 0 Å². The maximum atomic E-state index is 11.3. The number of carbonyl (C=O) groups is 1. The second kappa shape index (κ2) is 5.83. The number of hydrogen-bond donors (Lipinski definition) is 0. The molecule has 0 bridgehead atoms. The summed E-state index contributed by atoms with van der Waals surface area (Å²) in [6, 6.07) is 10.4. The molecule has 1 fully saturated rings. The molecule has 3 heteroatoms. The van der Waals surface area contributed by atoms with Crippen molar-refractivity contribution in [3.63, 3.8) is 0 Å². The van der Waals surface area contributed by atoms with Crippen molar-refractivity contribution < 1.29 is 9.53 Å². The highest BCUT2D eigenvalue weighted by molar-refractivity contribution is 5.70. The summed E-state index contributed by atoms with van der Waals surface area (Å²) in [4.78, 5) is 13.6. The minimum absolute atomic E-state index is 0.150. The molecule has 1 aliphatic heterocycles. The van der Waals surface area contributed by atoms with Crippen LogP contribution >= 0.6 is 0 Å². The maximum absolute atomic E-state index is 11.3. The van der Waals surface area contributed by atoms with Crippen LogP contribution < -0.4 is 0 Å². The molecule has 1 aromatic rings. The number of ether oxygens (including phenoxy) is 1. The number of rotatable bonds is 4. The summed E-state index contributed by atoms with van der Waals surface area (Å²) in [7, 11) is 1.43. The minimum Gasteiger partial charge on any atom is -0.469 e. The Balaban J connectivity index is 1.90. The van der Waals surface area contributed by atoms with E-state index in [1.165, 1.54) is 12.7 Å². The lowest BCUT2D eigenvalue weighted by atomic mass is 10.0. The molecule has 1 saturated heterocycles. The van der Waals surface area contributed by atoms with E-state index in [0.717, 1.165) is 25.2 Å². The summed E-state index contributed by atoms with van der Waals surface area (Å²) in [6.07, 6.45) is 0.445. The number of nitrogens with zero attached hydrogens (tertiary/aromatic N) is 1. The summed E-state index contributed by atoms with van der Waals surface area (Å²) in [5.74, 6) is 0.0869. The van der Waals surface area contributed by atoms with E-state index >= 15 is 0 Å². The van der Waals surface area contributed by atoms with Crippen LogP contribution in [0.3, 0.4) is 0 Å². The highest BCUT2D eigenvalue weighted by Crippen LogP contribution is 2.25. The van der Waals surface area contributed by atoms with Crippen LogP contribution in [0, 0.1) is 5.92 Å². The van der Waals surface area contributed by atoms with Gasteiger partial charge in [0.15, 0.2) is 0 Å². The van der Waals surface area contributed by atoms with Gasteiger partial charge in [0.2, 0.25) is 0 Å². The Morgan fingerprint density at radius 2 is 2.17 bits per heavy atom. The van der Waals surface area contributed by atoms with Gasteiger partial charge in [0.1, 0.15) is 0 Å². The molecular weight excluding hydrogens is 226 g/mol. The molecule has 0 radical (unpaired) electrons.